The number of pyridine rings is 2. The lowest BCUT2D eigenvalue weighted by molar-refractivity contribution is 0.669. The summed E-state index contributed by atoms with van der Waals surface area (Å²) in [5.41, 5.74) is 13.1. The molecule has 10 aromatic carbocycles. The number of fused-ring (bicyclic) bond motifs is 24. The third kappa shape index (κ3) is 4.27. The van der Waals surface area contributed by atoms with Crippen LogP contribution in [-0.4, -0.2) is 8.80 Å². The van der Waals surface area contributed by atoms with Crippen molar-refractivity contribution in [2.24, 2.45) is 0 Å². The number of hydrogen-bond donors (Lipinski definition) is 0. The Hall–Kier alpha value is -8.60. The minimum Gasteiger partial charge on any atom is -0.456 e. The van der Waals surface area contributed by atoms with Crippen molar-refractivity contribution in [1.29, 1.82) is 0 Å². The van der Waals surface area contributed by atoms with E-state index in [1.54, 1.807) is 0 Å². The summed E-state index contributed by atoms with van der Waals surface area (Å²) >= 11 is 0. The van der Waals surface area contributed by atoms with Crippen molar-refractivity contribution < 1.29 is 8.83 Å². The maximum Gasteiger partial charge on any atom is 0.137 e. The van der Waals surface area contributed by atoms with Crippen LogP contribution in [-0.2, 0) is 0 Å². The van der Waals surface area contributed by atoms with Crippen LogP contribution in [0.2, 0.25) is 0 Å². The van der Waals surface area contributed by atoms with E-state index < -0.39 is 0 Å². The van der Waals surface area contributed by atoms with Gasteiger partial charge in [-0.15, -0.1) is 0 Å². The monoisotopic (exact) mass is 812 g/mol. The van der Waals surface area contributed by atoms with Crippen molar-refractivity contribution in [3.05, 3.63) is 194 Å². The molecule has 0 N–H and O–H groups in total. The van der Waals surface area contributed by atoms with Gasteiger partial charge in [0, 0.05) is 59.9 Å². The molecule has 0 saturated heterocycles. The van der Waals surface area contributed by atoms with Gasteiger partial charge in [-0.25, -0.2) is 0 Å². The molecule has 0 spiro atoms. The molecule has 4 heteroatoms. The number of furan rings is 2. The van der Waals surface area contributed by atoms with E-state index in [0.717, 1.165) is 49.4 Å². The molecule has 0 amide bonds. The Morgan fingerprint density at radius 1 is 0.219 bits per heavy atom. The first-order valence-corrected chi connectivity index (χ1v) is 22.0. The van der Waals surface area contributed by atoms with Crippen LogP contribution >= 0.6 is 0 Å². The van der Waals surface area contributed by atoms with Crippen LogP contribution in [0.15, 0.2) is 203 Å². The van der Waals surface area contributed by atoms with Crippen molar-refractivity contribution in [3.63, 3.8) is 0 Å². The molecule has 0 aliphatic heterocycles. The molecule has 0 saturated carbocycles. The van der Waals surface area contributed by atoms with E-state index >= 15 is 0 Å². The van der Waals surface area contributed by atoms with Crippen molar-refractivity contribution in [1.82, 2.24) is 8.80 Å². The predicted octanol–water partition coefficient (Wildman–Crippen LogP) is 16.9. The zero-order chi connectivity index (χ0) is 41.4. The van der Waals surface area contributed by atoms with Crippen LogP contribution in [0.5, 0.6) is 0 Å². The van der Waals surface area contributed by atoms with Crippen molar-refractivity contribution in [2.75, 3.05) is 0 Å². The van der Waals surface area contributed by atoms with Gasteiger partial charge in [-0.3, -0.25) is 0 Å². The molecule has 16 aromatic rings. The van der Waals surface area contributed by atoms with E-state index in [-0.39, 0.29) is 0 Å². The second-order valence-corrected chi connectivity index (χ2v) is 17.7. The Morgan fingerprint density at radius 2 is 0.688 bits per heavy atom. The first-order valence-electron chi connectivity index (χ1n) is 22.0. The lowest BCUT2D eigenvalue weighted by Crippen LogP contribution is -1.92. The molecule has 6 aromatic heterocycles. The number of benzene rings is 10. The second-order valence-electron chi connectivity index (χ2n) is 17.7. The van der Waals surface area contributed by atoms with Gasteiger partial charge in [0.15, 0.2) is 0 Å². The van der Waals surface area contributed by atoms with Gasteiger partial charge in [0.2, 0.25) is 0 Å². The molecule has 294 valence electrons. The molecule has 0 aliphatic carbocycles. The SMILES string of the molecule is c1ccc2cc3c(cc2c1)c1cc2c(cc1n1c4ccc(-c5ccc6cc7c(cc6c5)c5cc6oc8ccccc8c6cc5n5c6ccccc6cc75)cc4cc31)oc1ccccc12. The molecular formula is C60H32N2O2. The van der Waals surface area contributed by atoms with Crippen LogP contribution in [0.4, 0.5) is 0 Å². The van der Waals surface area contributed by atoms with E-state index in [2.05, 4.69) is 191 Å². The highest BCUT2D eigenvalue weighted by atomic mass is 16.3. The van der Waals surface area contributed by atoms with Crippen LogP contribution in [0, 0.1) is 0 Å². The van der Waals surface area contributed by atoms with Crippen molar-refractivity contribution in [2.45, 2.75) is 0 Å². The highest BCUT2D eigenvalue weighted by Gasteiger charge is 2.19. The minimum absolute atomic E-state index is 0.901. The number of nitrogens with zero attached hydrogens (tertiary/aromatic N) is 2. The molecule has 0 aliphatic rings. The number of aromatic nitrogens is 2. The van der Waals surface area contributed by atoms with Crippen LogP contribution in [0.25, 0.3) is 153 Å². The fourth-order valence-corrected chi connectivity index (χ4v) is 11.4. The van der Waals surface area contributed by atoms with Gasteiger partial charge in [0.1, 0.15) is 22.3 Å². The Morgan fingerprint density at radius 3 is 1.42 bits per heavy atom. The Balaban J connectivity index is 0.937. The Kier molecular flexibility index (Phi) is 6.02. The highest BCUT2D eigenvalue weighted by molar-refractivity contribution is 6.24. The van der Waals surface area contributed by atoms with E-state index in [1.807, 2.05) is 12.1 Å². The summed E-state index contributed by atoms with van der Waals surface area (Å²) < 4.78 is 17.9. The summed E-state index contributed by atoms with van der Waals surface area (Å²) in [5.74, 6) is 0. The highest BCUT2D eigenvalue weighted by Crippen LogP contribution is 2.43. The number of para-hydroxylation sites is 3. The zero-order valence-corrected chi connectivity index (χ0v) is 34.2. The molecule has 0 atom stereocenters. The summed E-state index contributed by atoms with van der Waals surface area (Å²) in [4.78, 5) is 0. The van der Waals surface area contributed by atoms with Gasteiger partial charge >= 0.3 is 0 Å². The number of rotatable bonds is 1. The lowest BCUT2D eigenvalue weighted by atomic mass is 9.96. The van der Waals surface area contributed by atoms with Crippen LogP contribution in [0.1, 0.15) is 0 Å². The third-order valence-electron chi connectivity index (χ3n) is 14.3. The average molecular weight is 813 g/mol. The summed E-state index contributed by atoms with van der Waals surface area (Å²) in [6.07, 6.45) is 0. The van der Waals surface area contributed by atoms with Gasteiger partial charge in [-0.1, -0.05) is 97.1 Å². The first-order chi connectivity index (χ1) is 31.7. The topological polar surface area (TPSA) is 35.1 Å². The van der Waals surface area contributed by atoms with Gasteiger partial charge in [0.25, 0.3) is 0 Å². The summed E-state index contributed by atoms with van der Waals surface area (Å²) in [6, 6.07) is 71.5. The van der Waals surface area contributed by atoms with E-state index in [0.29, 0.717) is 0 Å². The molecule has 64 heavy (non-hydrogen) atoms. The van der Waals surface area contributed by atoms with Crippen LogP contribution < -0.4 is 0 Å². The summed E-state index contributed by atoms with van der Waals surface area (Å²) in [5, 5.41) is 19.2. The third-order valence-corrected chi connectivity index (χ3v) is 14.3. The van der Waals surface area contributed by atoms with E-state index in [4.69, 9.17) is 8.83 Å². The van der Waals surface area contributed by atoms with E-state index in [1.165, 1.54) is 103 Å². The molecule has 0 bridgehead atoms. The molecule has 0 radical (unpaired) electrons. The zero-order valence-electron chi connectivity index (χ0n) is 34.2. The number of hydrogen-bond acceptors (Lipinski definition) is 2. The van der Waals surface area contributed by atoms with E-state index in [9.17, 15) is 0 Å². The quantitative estimate of drug-likeness (QED) is 0.122. The summed E-state index contributed by atoms with van der Waals surface area (Å²) in [7, 11) is 0. The molecule has 6 heterocycles. The second kappa shape index (κ2) is 11.6. The average Bonchev–Trinajstić information content (AvgIpc) is 4.12. The standard InChI is InChI=1S/C60H32N2O2/c1-2-10-34-24-45-43(23-33(34)9-1)47-29-49-41-12-4-7-15-57(41)64-60(49)32-56(47)62-52-20-19-36(22-40(52)28-54(45)62)35-17-18-37-25-46-44(26-39(37)21-35)48-31-59-50(42-13-5-8-16-58(42)63-59)30-55(48)61-51-14-6-3-11-38(51)27-53(46)61/h1-32H. The van der Waals surface area contributed by atoms with Gasteiger partial charge in [-0.05, 0) is 134 Å². The van der Waals surface area contributed by atoms with Crippen LogP contribution in [0.3, 0.4) is 0 Å². The molecule has 0 unspecified atom stereocenters. The maximum atomic E-state index is 6.49. The van der Waals surface area contributed by atoms with Crippen molar-refractivity contribution in [3.8, 4) is 11.1 Å². The molecule has 0 fully saturated rings. The molecular weight excluding hydrogens is 781 g/mol. The maximum absolute atomic E-state index is 6.49. The minimum atomic E-state index is 0.901. The van der Waals surface area contributed by atoms with Gasteiger partial charge in [-0.2, -0.15) is 0 Å². The molecule has 16 rings (SSSR count). The smallest absolute Gasteiger partial charge is 0.137 e. The fraction of sp³-hybridized carbons (Fsp3) is 0. The lowest BCUT2D eigenvalue weighted by Gasteiger charge is -2.13. The molecule has 4 nitrogen and oxygen atoms in total. The van der Waals surface area contributed by atoms with Crippen molar-refractivity contribution >= 4 is 142 Å². The first kappa shape index (κ1) is 33.1. The summed E-state index contributed by atoms with van der Waals surface area (Å²) in [6.45, 7) is 0. The Bertz CT molecular complexity index is 4790. The predicted molar refractivity (Wildman–Crippen MR) is 268 cm³/mol. The fourth-order valence-electron chi connectivity index (χ4n) is 11.4. The van der Waals surface area contributed by atoms with Gasteiger partial charge in [0.05, 0.1) is 33.1 Å². The normalized spacial score (nSPS) is 12.7. The Labute approximate surface area is 362 Å². The van der Waals surface area contributed by atoms with Gasteiger partial charge < -0.3 is 17.6 Å². The largest absolute Gasteiger partial charge is 0.456 e.